The fourth-order valence-corrected chi connectivity index (χ4v) is 2.43. The van der Waals surface area contributed by atoms with E-state index < -0.39 is 5.91 Å². The first-order valence-corrected chi connectivity index (χ1v) is 7.85. The van der Waals surface area contributed by atoms with Gasteiger partial charge in [0.25, 0.3) is 0 Å². The molecule has 2 aromatic heterocycles. The van der Waals surface area contributed by atoms with Gasteiger partial charge in [0.2, 0.25) is 11.8 Å². The van der Waals surface area contributed by atoms with Gasteiger partial charge in [0.15, 0.2) is 0 Å². The molecule has 2 amide bonds. The Morgan fingerprint density at radius 3 is 2.58 bits per heavy atom. The zero-order chi connectivity index (χ0) is 18.5. The van der Waals surface area contributed by atoms with Crippen molar-refractivity contribution < 1.29 is 9.59 Å². The van der Waals surface area contributed by atoms with Gasteiger partial charge in [-0.05, 0) is 42.0 Å². The van der Waals surface area contributed by atoms with E-state index in [4.69, 9.17) is 5.73 Å². The van der Waals surface area contributed by atoms with Crippen molar-refractivity contribution in [3.8, 4) is 11.1 Å². The number of aryl methyl sites for hydroxylation is 1. The number of nitrogens with zero attached hydrogens (tertiary/aromatic N) is 3. The van der Waals surface area contributed by atoms with Gasteiger partial charge in [0.05, 0.1) is 6.20 Å². The number of benzene rings is 1. The maximum absolute atomic E-state index is 12.1. The average molecular weight is 347 g/mol. The van der Waals surface area contributed by atoms with Crippen LogP contribution in [0.2, 0.25) is 0 Å². The van der Waals surface area contributed by atoms with Crippen molar-refractivity contribution in [2.45, 2.75) is 0 Å². The largest absolute Gasteiger partial charge is 0.366 e. The number of anilines is 1. The molecule has 0 aliphatic heterocycles. The molecule has 0 spiro atoms. The first-order chi connectivity index (χ1) is 12.5. The Morgan fingerprint density at radius 2 is 1.92 bits per heavy atom. The smallest absolute Gasteiger partial charge is 0.248 e. The molecule has 0 atom stereocenters. The predicted molar refractivity (Wildman–Crippen MR) is 99.1 cm³/mol. The molecule has 130 valence electrons. The van der Waals surface area contributed by atoms with E-state index in [1.54, 1.807) is 53.6 Å². The molecule has 0 fully saturated rings. The van der Waals surface area contributed by atoms with Crippen LogP contribution in [0.25, 0.3) is 17.2 Å². The summed E-state index contributed by atoms with van der Waals surface area (Å²) in [6, 6.07) is 8.23. The monoisotopic (exact) mass is 347 g/mol. The third-order valence-electron chi connectivity index (χ3n) is 3.72. The minimum Gasteiger partial charge on any atom is -0.366 e. The molecule has 3 rings (SSSR count). The second-order valence-electron chi connectivity index (χ2n) is 5.63. The molecule has 3 N–H and O–H groups in total. The van der Waals surface area contributed by atoms with Gasteiger partial charge in [-0.25, -0.2) is 0 Å². The number of rotatable bonds is 5. The summed E-state index contributed by atoms with van der Waals surface area (Å²) in [5.74, 6) is -0.805. The van der Waals surface area contributed by atoms with E-state index in [-0.39, 0.29) is 5.91 Å². The lowest BCUT2D eigenvalue weighted by molar-refractivity contribution is -0.111. The van der Waals surface area contributed by atoms with Crippen LogP contribution in [-0.2, 0) is 11.8 Å². The topological polar surface area (TPSA) is 103 Å². The molecule has 0 saturated carbocycles. The van der Waals surface area contributed by atoms with E-state index in [1.807, 2.05) is 19.3 Å². The van der Waals surface area contributed by atoms with Crippen molar-refractivity contribution in [3.05, 3.63) is 72.3 Å². The van der Waals surface area contributed by atoms with Crippen LogP contribution >= 0.6 is 0 Å². The number of carbonyl (C=O) groups is 2. The number of amides is 2. The van der Waals surface area contributed by atoms with Gasteiger partial charge in [-0.1, -0.05) is 0 Å². The summed E-state index contributed by atoms with van der Waals surface area (Å²) in [4.78, 5) is 27.3. The van der Waals surface area contributed by atoms with Crippen LogP contribution in [0.3, 0.4) is 0 Å². The number of nitrogens with one attached hydrogen (secondary N) is 1. The predicted octanol–water partition coefficient (Wildman–Crippen LogP) is 2.23. The summed E-state index contributed by atoms with van der Waals surface area (Å²) in [6.07, 6.45) is 10.2. The third-order valence-corrected chi connectivity index (χ3v) is 3.72. The first-order valence-electron chi connectivity index (χ1n) is 7.85. The molecule has 0 radical (unpaired) electrons. The fraction of sp³-hybridized carbons (Fsp3) is 0.0526. The summed E-state index contributed by atoms with van der Waals surface area (Å²) in [6.45, 7) is 0. The van der Waals surface area contributed by atoms with Crippen molar-refractivity contribution in [1.82, 2.24) is 14.8 Å². The Hall–Kier alpha value is -3.74. The van der Waals surface area contributed by atoms with E-state index in [9.17, 15) is 9.59 Å². The maximum atomic E-state index is 12.1. The first kappa shape index (κ1) is 17.1. The van der Waals surface area contributed by atoms with E-state index in [0.717, 1.165) is 16.7 Å². The number of carbonyl (C=O) groups excluding carboxylic acids is 2. The highest BCUT2D eigenvalue weighted by atomic mass is 16.1. The van der Waals surface area contributed by atoms with Crippen LogP contribution in [0.5, 0.6) is 0 Å². The summed E-state index contributed by atoms with van der Waals surface area (Å²) in [7, 11) is 1.84. The van der Waals surface area contributed by atoms with Crippen LogP contribution < -0.4 is 11.1 Å². The number of hydrogen-bond acceptors (Lipinski definition) is 4. The molecule has 0 bridgehead atoms. The van der Waals surface area contributed by atoms with Crippen molar-refractivity contribution in [2.75, 3.05) is 5.32 Å². The molecule has 0 unspecified atom stereocenters. The highest BCUT2D eigenvalue weighted by molar-refractivity contribution is 6.02. The van der Waals surface area contributed by atoms with E-state index in [1.165, 1.54) is 6.08 Å². The molecule has 7 heteroatoms. The summed E-state index contributed by atoms with van der Waals surface area (Å²) < 4.78 is 1.71. The Bertz CT molecular complexity index is 974. The van der Waals surface area contributed by atoms with Gasteiger partial charge in [0.1, 0.15) is 0 Å². The Labute approximate surface area is 150 Å². The lowest BCUT2D eigenvalue weighted by atomic mass is 10.0. The summed E-state index contributed by atoms with van der Waals surface area (Å²) >= 11 is 0. The minimum atomic E-state index is -0.512. The second-order valence-corrected chi connectivity index (χ2v) is 5.63. The van der Waals surface area contributed by atoms with Crippen molar-refractivity contribution in [2.24, 2.45) is 12.8 Å². The zero-order valence-electron chi connectivity index (χ0n) is 14.1. The van der Waals surface area contributed by atoms with E-state index in [2.05, 4.69) is 15.4 Å². The highest BCUT2D eigenvalue weighted by Gasteiger charge is 2.06. The molecule has 3 aromatic rings. The van der Waals surface area contributed by atoms with Crippen LogP contribution in [0.15, 0.2) is 61.2 Å². The Morgan fingerprint density at radius 1 is 1.15 bits per heavy atom. The van der Waals surface area contributed by atoms with Crippen molar-refractivity contribution in [3.63, 3.8) is 0 Å². The quantitative estimate of drug-likeness (QED) is 0.691. The fourth-order valence-electron chi connectivity index (χ4n) is 2.43. The number of hydrogen-bond donors (Lipinski definition) is 2. The lowest BCUT2D eigenvalue weighted by Crippen LogP contribution is -2.11. The van der Waals surface area contributed by atoms with Gasteiger partial charge >= 0.3 is 0 Å². The van der Waals surface area contributed by atoms with Crippen molar-refractivity contribution >= 4 is 23.6 Å². The number of nitrogens with two attached hydrogens (primary N) is 1. The normalized spacial score (nSPS) is 10.8. The summed E-state index contributed by atoms with van der Waals surface area (Å²) in [5.41, 5.74) is 8.83. The number of primary amides is 1. The molecule has 2 heterocycles. The van der Waals surface area contributed by atoms with Gasteiger partial charge in [0, 0.05) is 54.1 Å². The van der Waals surface area contributed by atoms with Gasteiger partial charge < -0.3 is 11.1 Å². The molecule has 0 aliphatic carbocycles. The Kier molecular flexibility index (Phi) is 4.89. The van der Waals surface area contributed by atoms with Crippen LogP contribution in [0, 0.1) is 0 Å². The van der Waals surface area contributed by atoms with Gasteiger partial charge in [-0.15, -0.1) is 0 Å². The van der Waals surface area contributed by atoms with E-state index in [0.29, 0.717) is 11.3 Å². The molecule has 26 heavy (non-hydrogen) atoms. The van der Waals surface area contributed by atoms with Gasteiger partial charge in [-0.2, -0.15) is 5.10 Å². The SMILES string of the molecule is Cn1cc(-c2ccncc2C=CC(=O)Nc2ccc(C(N)=O)cc2)cn1. The molecule has 1 aromatic carbocycles. The van der Waals surface area contributed by atoms with Gasteiger partial charge in [-0.3, -0.25) is 19.3 Å². The lowest BCUT2D eigenvalue weighted by Gasteiger charge is -2.04. The minimum absolute atomic E-state index is 0.294. The number of pyridine rings is 1. The molecule has 7 nitrogen and oxygen atoms in total. The van der Waals surface area contributed by atoms with Crippen molar-refractivity contribution in [1.29, 1.82) is 0 Å². The summed E-state index contributed by atoms with van der Waals surface area (Å²) in [5, 5.41) is 6.89. The number of aromatic nitrogens is 3. The zero-order valence-corrected chi connectivity index (χ0v) is 14.1. The third kappa shape index (κ3) is 4.02. The van der Waals surface area contributed by atoms with E-state index >= 15 is 0 Å². The average Bonchev–Trinajstić information content (AvgIpc) is 3.07. The van der Waals surface area contributed by atoms with Crippen LogP contribution in [-0.4, -0.2) is 26.6 Å². The highest BCUT2D eigenvalue weighted by Crippen LogP contribution is 2.23. The molecule has 0 saturated heterocycles. The molecule has 0 aliphatic rings. The standard InChI is InChI=1S/C19H17N5O2/c1-24-12-15(11-22-24)17-8-9-21-10-14(17)4-7-18(25)23-16-5-2-13(3-6-16)19(20)26/h2-12H,1H3,(H2,20,26)(H,23,25). The van der Waals surface area contributed by atoms with Crippen LogP contribution in [0.1, 0.15) is 15.9 Å². The molecular formula is C19H17N5O2. The van der Waals surface area contributed by atoms with Crippen LogP contribution in [0.4, 0.5) is 5.69 Å². The maximum Gasteiger partial charge on any atom is 0.248 e. The molecular weight excluding hydrogens is 330 g/mol. The second kappa shape index (κ2) is 7.43. The Balaban J connectivity index is 1.73.